The van der Waals surface area contributed by atoms with Crippen LogP contribution in [-0.4, -0.2) is 51.1 Å². The molecule has 180 valence electrons. The summed E-state index contributed by atoms with van der Waals surface area (Å²) in [7, 11) is -1.96. The number of hydrogen-bond acceptors (Lipinski definition) is 5. The summed E-state index contributed by atoms with van der Waals surface area (Å²) in [5, 5.41) is 2.96. The van der Waals surface area contributed by atoms with E-state index in [4.69, 9.17) is 4.74 Å². The Morgan fingerprint density at radius 1 is 1.09 bits per heavy atom. The molecule has 33 heavy (non-hydrogen) atoms. The van der Waals surface area contributed by atoms with Crippen LogP contribution in [0.15, 0.2) is 47.4 Å². The van der Waals surface area contributed by atoms with Gasteiger partial charge in [0, 0.05) is 37.6 Å². The third-order valence-corrected chi connectivity index (χ3v) is 8.82. The molecule has 1 saturated heterocycles. The van der Waals surface area contributed by atoms with E-state index in [9.17, 15) is 13.2 Å². The monoisotopic (exact) mass is 490 g/mol. The quantitative estimate of drug-likeness (QED) is 0.479. The number of amides is 1. The van der Waals surface area contributed by atoms with Crippen LogP contribution < -0.4 is 10.1 Å². The van der Waals surface area contributed by atoms with Gasteiger partial charge in [-0.25, -0.2) is 8.42 Å². The smallest absolute Gasteiger partial charge is 0.243 e. The minimum atomic E-state index is -3.52. The zero-order chi connectivity index (χ0) is 23.7. The van der Waals surface area contributed by atoms with Gasteiger partial charge in [-0.15, -0.1) is 0 Å². The highest BCUT2D eigenvalue weighted by Crippen LogP contribution is 2.27. The number of benzene rings is 2. The Bertz CT molecular complexity index is 1030. The van der Waals surface area contributed by atoms with Gasteiger partial charge in [-0.3, -0.25) is 4.79 Å². The SMILES string of the molecule is COc1ccc(S(=O)(=O)N2CCCCC2)cc1CCC(=O)NCCSCc1ccccc1C. The van der Waals surface area contributed by atoms with Gasteiger partial charge in [0.15, 0.2) is 0 Å². The summed E-state index contributed by atoms with van der Waals surface area (Å²) in [6.07, 6.45) is 3.57. The minimum Gasteiger partial charge on any atom is -0.496 e. The molecule has 1 heterocycles. The molecule has 1 aliphatic rings. The Hall–Kier alpha value is -2.03. The highest BCUT2D eigenvalue weighted by atomic mass is 32.2. The van der Waals surface area contributed by atoms with Crippen LogP contribution in [0.2, 0.25) is 0 Å². The third-order valence-electron chi connectivity index (χ3n) is 5.91. The first-order valence-corrected chi connectivity index (χ1v) is 14.1. The number of carbonyl (C=O) groups excluding carboxylic acids is 1. The van der Waals surface area contributed by atoms with Crippen molar-refractivity contribution in [1.29, 1.82) is 0 Å². The number of ether oxygens (including phenoxy) is 1. The van der Waals surface area contributed by atoms with Crippen LogP contribution in [0.3, 0.4) is 0 Å². The molecule has 1 N–H and O–H groups in total. The van der Waals surface area contributed by atoms with Crippen LogP contribution in [-0.2, 0) is 27.0 Å². The minimum absolute atomic E-state index is 0.0437. The van der Waals surface area contributed by atoms with Crippen molar-refractivity contribution in [2.45, 2.75) is 49.7 Å². The number of rotatable bonds is 11. The van der Waals surface area contributed by atoms with Crippen molar-refractivity contribution in [3.63, 3.8) is 0 Å². The number of hydrogen-bond donors (Lipinski definition) is 1. The molecule has 2 aromatic carbocycles. The maximum Gasteiger partial charge on any atom is 0.243 e. The average Bonchev–Trinajstić information content (AvgIpc) is 2.84. The molecular weight excluding hydrogens is 456 g/mol. The number of piperidine rings is 1. The number of carbonyl (C=O) groups is 1. The van der Waals surface area contributed by atoms with Crippen LogP contribution >= 0.6 is 11.8 Å². The lowest BCUT2D eigenvalue weighted by molar-refractivity contribution is -0.120. The molecule has 0 aromatic heterocycles. The molecule has 0 bridgehead atoms. The Balaban J connectivity index is 1.49. The van der Waals surface area contributed by atoms with Gasteiger partial charge in [0.05, 0.1) is 12.0 Å². The lowest BCUT2D eigenvalue weighted by Crippen LogP contribution is -2.35. The van der Waals surface area contributed by atoms with E-state index >= 15 is 0 Å². The standard InChI is InChI=1S/C25H34N2O4S2/c1-20-8-4-5-9-22(20)19-32-17-14-26-25(28)13-10-21-18-23(11-12-24(21)31-2)33(29,30)27-15-6-3-7-16-27/h4-5,8-9,11-12,18H,3,6-7,10,13-17,19H2,1-2H3,(H,26,28). The largest absolute Gasteiger partial charge is 0.496 e. The lowest BCUT2D eigenvalue weighted by atomic mass is 10.1. The normalized spacial score (nSPS) is 14.7. The first-order valence-electron chi connectivity index (χ1n) is 11.5. The number of sulfonamides is 1. The van der Waals surface area contributed by atoms with Crippen LogP contribution in [0.5, 0.6) is 5.75 Å². The van der Waals surface area contributed by atoms with Crippen molar-refractivity contribution in [2.24, 2.45) is 0 Å². The van der Waals surface area contributed by atoms with Gasteiger partial charge in [0.2, 0.25) is 15.9 Å². The summed E-state index contributed by atoms with van der Waals surface area (Å²) < 4.78 is 33.0. The van der Waals surface area contributed by atoms with Crippen molar-refractivity contribution in [1.82, 2.24) is 9.62 Å². The predicted octanol–water partition coefficient (Wildman–Crippen LogP) is 4.16. The highest BCUT2D eigenvalue weighted by molar-refractivity contribution is 7.98. The molecule has 0 saturated carbocycles. The van der Waals surface area contributed by atoms with Gasteiger partial charge < -0.3 is 10.1 Å². The Morgan fingerprint density at radius 2 is 1.85 bits per heavy atom. The van der Waals surface area contributed by atoms with Crippen molar-refractivity contribution in [3.8, 4) is 5.75 Å². The Kier molecular flexibility index (Phi) is 9.64. The van der Waals surface area contributed by atoms with Crippen molar-refractivity contribution in [3.05, 3.63) is 59.2 Å². The fourth-order valence-corrected chi connectivity index (χ4v) is 6.42. The summed E-state index contributed by atoms with van der Waals surface area (Å²) in [6.45, 7) is 3.84. The molecule has 3 rings (SSSR count). The molecule has 1 aliphatic heterocycles. The van der Waals surface area contributed by atoms with Crippen LogP contribution in [0.1, 0.15) is 42.4 Å². The van der Waals surface area contributed by atoms with E-state index in [2.05, 4.69) is 24.4 Å². The van der Waals surface area contributed by atoms with E-state index < -0.39 is 10.0 Å². The lowest BCUT2D eigenvalue weighted by Gasteiger charge is -2.26. The molecular formula is C25H34N2O4S2. The first-order chi connectivity index (χ1) is 15.9. The van der Waals surface area contributed by atoms with Crippen LogP contribution in [0.4, 0.5) is 0 Å². The zero-order valence-electron chi connectivity index (χ0n) is 19.5. The molecule has 0 aliphatic carbocycles. The molecule has 8 heteroatoms. The molecule has 2 aromatic rings. The van der Waals surface area contributed by atoms with Gasteiger partial charge in [0.1, 0.15) is 5.75 Å². The Labute approximate surface area is 202 Å². The second-order valence-electron chi connectivity index (χ2n) is 8.27. The summed E-state index contributed by atoms with van der Waals surface area (Å²) in [6, 6.07) is 13.3. The van der Waals surface area contributed by atoms with Crippen molar-refractivity contribution in [2.75, 3.05) is 32.5 Å². The number of methoxy groups -OCH3 is 1. The average molecular weight is 491 g/mol. The van der Waals surface area contributed by atoms with E-state index in [-0.39, 0.29) is 17.2 Å². The van der Waals surface area contributed by atoms with Crippen molar-refractivity contribution < 1.29 is 17.9 Å². The molecule has 0 unspecified atom stereocenters. The molecule has 0 radical (unpaired) electrons. The molecule has 1 fully saturated rings. The molecule has 6 nitrogen and oxygen atoms in total. The van der Waals surface area contributed by atoms with Crippen LogP contribution in [0.25, 0.3) is 0 Å². The van der Waals surface area contributed by atoms with Crippen molar-refractivity contribution >= 4 is 27.7 Å². The Morgan fingerprint density at radius 3 is 2.58 bits per heavy atom. The second-order valence-corrected chi connectivity index (χ2v) is 11.3. The van der Waals surface area contributed by atoms with E-state index in [0.717, 1.165) is 36.3 Å². The predicted molar refractivity (Wildman–Crippen MR) is 134 cm³/mol. The highest BCUT2D eigenvalue weighted by Gasteiger charge is 2.26. The third kappa shape index (κ3) is 7.22. The van der Waals surface area contributed by atoms with Gasteiger partial charge in [0.25, 0.3) is 0 Å². The summed E-state index contributed by atoms with van der Waals surface area (Å²) in [5.41, 5.74) is 3.34. The van der Waals surface area contributed by atoms with Crippen LogP contribution in [0, 0.1) is 6.92 Å². The fraction of sp³-hybridized carbons (Fsp3) is 0.480. The summed E-state index contributed by atoms with van der Waals surface area (Å²) >= 11 is 1.80. The topological polar surface area (TPSA) is 75.7 Å². The zero-order valence-corrected chi connectivity index (χ0v) is 21.1. The van der Waals surface area contributed by atoms with E-state index in [1.54, 1.807) is 41.4 Å². The van der Waals surface area contributed by atoms with Gasteiger partial charge in [-0.05, 0) is 61.1 Å². The molecule has 0 atom stereocenters. The summed E-state index contributed by atoms with van der Waals surface area (Å²) in [4.78, 5) is 12.6. The number of nitrogens with one attached hydrogen (secondary N) is 1. The maximum atomic E-state index is 13.0. The number of thioether (sulfide) groups is 1. The van der Waals surface area contributed by atoms with Gasteiger partial charge >= 0.3 is 0 Å². The molecule has 1 amide bonds. The van der Waals surface area contributed by atoms with Gasteiger partial charge in [-0.2, -0.15) is 16.1 Å². The summed E-state index contributed by atoms with van der Waals surface area (Å²) in [5.74, 6) is 2.33. The van der Waals surface area contributed by atoms with E-state index in [0.29, 0.717) is 31.8 Å². The second kappa shape index (κ2) is 12.4. The van der Waals surface area contributed by atoms with E-state index in [1.807, 2.05) is 12.1 Å². The first kappa shape index (κ1) is 25.6. The number of aryl methyl sites for hydroxylation is 2. The fourth-order valence-electron chi connectivity index (χ4n) is 3.92. The maximum absolute atomic E-state index is 13.0. The van der Waals surface area contributed by atoms with E-state index in [1.165, 1.54) is 11.1 Å². The molecule has 0 spiro atoms. The van der Waals surface area contributed by atoms with Gasteiger partial charge in [-0.1, -0.05) is 30.7 Å². The number of nitrogens with zero attached hydrogens (tertiary/aromatic N) is 1.